The van der Waals surface area contributed by atoms with Crippen molar-refractivity contribution in [3.63, 3.8) is 0 Å². The van der Waals surface area contributed by atoms with Gasteiger partial charge in [0.05, 0.1) is 28.5 Å². The van der Waals surface area contributed by atoms with Crippen LogP contribution in [-0.2, 0) is 16.6 Å². The van der Waals surface area contributed by atoms with Crippen LogP contribution >= 0.6 is 23.2 Å². The minimum atomic E-state index is -3.77. The van der Waals surface area contributed by atoms with E-state index in [0.29, 0.717) is 15.7 Å². The first-order valence-electron chi connectivity index (χ1n) is 10.2. The number of rotatable bonds is 6. The molecule has 2 N–H and O–H groups in total. The van der Waals surface area contributed by atoms with E-state index in [2.05, 4.69) is 15.0 Å². The Morgan fingerprint density at radius 2 is 1.56 bits per heavy atom. The van der Waals surface area contributed by atoms with E-state index in [0.717, 1.165) is 16.9 Å². The van der Waals surface area contributed by atoms with E-state index in [4.69, 9.17) is 28.3 Å². The number of aromatic nitrogens is 2. The largest absolute Gasteiger partial charge is 0.350 e. The third-order valence-corrected chi connectivity index (χ3v) is 6.78. The molecule has 7 nitrogen and oxygen atoms in total. The molecule has 10 heteroatoms. The molecule has 1 heterocycles. The second-order valence-corrected chi connectivity index (χ2v) is 9.82. The Morgan fingerprint density at radius 1 is 0.941 bits per heavy atom. The molecule has 174 valence electrons. The van der Waals surface area contributed by atoms with Gasteiger partial charge in [-0.3, -0.25) is 4.99 Å². The lowest BCUT2D eigenvalue weighted by Gasteiger charge is -2.11. The molecule has 4 rings (SSSR count). The van der Waals surface area contributed by atoms with Crippen molar-refractivity contribution >= 4 is 39.2 Å². The second-order valence-electron chi connectivity index (χ2n) is 7.26. The lowest BCUT2D eigenvalue weighted by atomic mass is 10.1. The van der Waals surface area contributed by atoms with Crippen LogP contribution in [0.25, 0.3) is 16.9 Å². The normalized spacial score (nSPS) is 11.9. The van der Waals surface area contributed by atoms with E-state index >= 15 is 0 Å². The molecule has 0 amide bonds. The van der Waals surface area contributed by atoms with Crippen LogP contribution in [0.15, 0.2) is 94.8 Å². The Morgan fingerprint density at radius 3 is 2.18 bits per heavy atom. The average Bonchev–Trinajstić information content (AvgIpc) is 3.27. The molecule has 0 fully saturated rings. The fourth-order valence-electron chi connectivity index (χ4n) is 3.24. The summed E-state index contributed by atoms with van der Waals surface area (Å²) in [5.41, 5.74) is 3.28. The fraction of sp³-hybridized carbons (Fsp3) is 0.0833. The van der Waals surface area contributed by atoms with Gasteiger partial charge in [-0.25, -0.2) is 17.8 Å². The number of nitrogens with one attached hydrogen (secondary N) is 2. The standard InChI is InChI=1S/C24H21Cl2N5O2S/c1-27-24(30-34(32,33)22-5-3-2-4-6-22)28-16-20-15-23(17-7-9-18(25)10-8-17)31(29-20)21-13-11-19(26)12-14-21/h2-15H,16H2,1H3,(H2,27,28,30). The van der Waals surface area contributed by atoms with Crippen LogP contribution in [0.3, 0.4) is 0 Å². The number of hydrogen-bond acceptors (Lipinski definition) is 4. The molecular weight excluding hydrogens is 493 g/mol. The van der Waals surface area contributed by atoms with Crippen molar-refractivity contribution in [3.8, 4) is 16.9 Å². The van der Waals surface area contributed by atoms with Crippen molar-refractivity contribution in [3.05, 3.63) is 101 Å². The van der Waals surface area contributed by atoms with Gasteiger partial charge in [-0.05, 0) is 54.6 Å². The van der Waals surface area contributed by atoms with Gasteiger partial charge >= 0.3 is 0 Å². The van der Waals surface area contributed by atoms with Crippen molar-refractivity contribution in [1.82, 2.24) is 19.8 Å². The number of benzene rings is 3. The Hall–Kier alpha value is -3.33. The Kier molecular flexibility index (Phi) is 7.21. The van der Waals surface area contributed by atoms with E-state index in [1.807, 2.05) is 42.5 Å². The van der Waals surface area contributed by atoms with Gasteiger partial charge in [-0.2, -0.15) is 5.10 Å². The minimum Gasteiger partial charge on any atom is -0.350 e. The summed E-state index contributed by atoms with van der Waals surface area (Å²) in [6, 6.07) is 24.8. The summed E-state index contributed by atoms with van der Waals surface area (Å²) >= 11 is 12.1. The maximum Gasteiger partial charge on any atom is 0.264 e. The number of aliphatic imine (C=N–C) groups is 1. The van der Waals surface area contributed by atoms with Crippen molar-refractivity contribution in [1.29, 1.82) is 0 Å². The van der Waals surface area contributed by atoms with Crippen LogP contribution in [0.1, 0.15) is 5.69 Å². The lowest BCUT2D eigenvalue weighted by molar-refractivity contribution is 0.591. The van der Waals surface area contributed by atoms with E-state index in [9.17, 15) is 8.42 Å². The molecule has 4 aromatic rings. The molecule has 34 heavy (non-hydrogen) atoms. The van der Waals surface area contributed by atoms with Gasteiger partial charge in [0.1, 0.15) is 0 Å². The second kappa shape index (κ2) is 10.3. The summed E-state index contributed by atoms with van der Waals surface area (Å²) in [6.07, 6.45) is 0. The lowest BCUT2D eigenvalue weighted by Crippen LogP contribution is -2.40. The van der Waals surface area contributed by atoms with Gasteiger partial charge in [0.2, 0.25) is 5.96 Å². The van der Waals surface area contributed by atoms with Crippen LogP contribution in [0.5, 0.6) is 0 Å². The molecule has 0 aliphatic carbocycles. The summed E-state index contributed by atoms with van der Waals surface area (Å²) in [5, 5.41) is 8.99. The molecule has 0 aliphatic heterocycles. The quantitative estimate of drug-likeness (QED) is 0.283. The van der Waals surface area contributed by atoms with Crippen LogP contribution in [-0.4, -0.2) is 31.2 Å². The zero-order chi connectivity index (χ0) is 24.1. The smallest absolute Gasteiger partial charge is 0.264 e. The van der Waals surface area contributed by atoms with Gasteiger partial charge in [0.15, 0.2) is 0 Å². The maximum atomic E-state index is 12.6. The van der Waals surface area contributed by atoms with Gasteiger partial charge in [-0.15, -0.1) is 0 Å². The maximum absolute atomic E-state index is 12.6. The monoisotopic (exact) mass is 513 g/mol. The summed E-state index contributed by atoms with van der Waals surface area (Å²) < 4.78 is 29.5. The van der Waals surface area contributed by atoms with Crippen molar-refractivity contribution in [2.75, 3.05) is 7.05 Å². The number of halogens is 2. The highest BCUT2D eigenvalue weighted by Gasteiger charge is 2.17. The average molecular weight is 514 g/mol. The van der Waals surface area contributed by atoms with Crippen LogP contribution in [0.2, 0.25) is 10.0 Å². The van der Waals surface area contributed by atoms with Crippen LogP contribution in [0.4, 0.5) is 0 Å². The number of hydrogen-bond donors (Lipinski definition) is 2. The molecule has 0 saturated heterocycles. The molecular formula is C24H21Cl2N5O2S. The molecule has 0 unspecified atom stereocenters. The van der Waals surface area contributed by atoms with Crippen molar-refractivity contribution in [2.24, 2.45) is 4.99 Å². The highest BCUT2D eigenvalue weighted by molar-refractivity contribution is 7.90. The van der Waals surface area contributed by atoms with E-state index in [-0.39, 0.29) is 17.4 Å². The number of sulfonamides is 1. The molecule has 0 bridgehead atoms. The fourth-order valence-corrected chi connectivity index (χ4v) is 4.55. The first-order chi connectivity index (χ1) is 16.4. The predicted molar refractivity (Wildman–Crippen MR) is 136 cm³/mol. The minimum absolute atomic E-state index is 0.109. The summed E-state index contributed by atoms with van der Waals surface area (Å²) in [5.74, 6) is 0.109. The zero-order valence-electron chi connectivity index (χ0n) is 18.1. The molecule has 3 aromatic carbocycles. The van der Waals surface area contributed by atoms with Gasteiger partial charge < -0.3 is 5.32 Å². The van der Waals surface area contributed by atoms with Crippen molar-refractivity contribution < 1.29 is 8.42 Å². The van der Waals surface area contributed by atoms with Gasteiger partial charge in [-0.1, -0.05) is 53.5 Å². The Balaban J connectivity index is 1.58. The molecule has 0 spiro atoms. The SMILES string of the molecule is CN=C(NCc1cc(-c2ccc(Cl)cc2)n(-c2ccc(Cl)cc2)n1)NS(=O)(=O)c1ccccc1. The molecule has 0 aliphatic rings. The first kappa shape index (κ1) is 23.8. The highest BCUT2D eigenvalue weighted by atomic mass is 35.5. The third kappa shape index (κ3) is 5.59. The Labute approximate surface area is 208 Å². The highest BCUT2D eigenvalue weighted by Crippen LogP contribution is 2.26. The number of nitrogens with zero attached hydrogens (tertiary/aromatic N) is 3. The molecule has 1 aromatic heterocycles. The Bertz CT molecular complexity index is 1340. The first-order valence-corrected chi connectivity index (χ1v) is 12.5. The van der Waals surface area contributed by atoms with Gasteiger partial charge in [0, 0.05) is 22.7 Å². The summed E-state index contributed by atoms with van der Waals surface area (Å²) in [6.45, 7) is 0.241. The number of guanidine groups is 1. The van der Waals surface area contributed by atoms with E-state index < -0.39 is 10.0 Å². The van der Waals surface area contributed by atoms with Crippen molar-refractivity contribution in [2.45, 2.75) is 11.4 Å². The summed E-state index contributed by atoms with van der Waals surface area (Å²) in [7, 11) is -2.27. The zero-order valence-corrected chi connectivity index (χ0v) is 20.4. The van der Waals surface area contributed by atoms with Gasteiger partial charge in [0.25, 0.3) is 10.0 Å². The topological polar surface area (TPSA) is 88.4 Å². The van der Waals surface area contributed by atoms with E-state index in [1.54, 1.807) is 35.0 Å². The molecule has 0 saturated carbocycles. The summed E-state index contributed by atoms with van der Waals surface area (Å²) in [4.78, 5) is 4.18. The third-order valence-electron chi connectivity index (χ3n) is 4.92. The van der Waals surface area contributed by atoms with E-state index in [1.165, 1.54) is 19.2 Å². The van der Waals surface area contributed by atoms with Crippen LogP contribution in [0, 0.1) is 0 Å². The van der Waals surface area contributed by atoms with Crippen LogP contribution < -0.4 is 10.0 Å². The molecule has 0 radical (unpaired) electrons. The molecule has 0 atom stereocenters. The predicted octanol–water partition coefficient (Wildman–Crippen LogP) is 4.90.